The zero-order valence-electron chi connectivity index (χ0n) is 22.9. The second-order valence-corrected chi connectivity index (χ2v) is 11.2. The molecule has 7 rings (SSSR count). The van der Waals surface area contributed by atoms with Gasteiger partial charge in [0.2, 0.25) is 5.78 Å². The number of anilines is 2. The van der Waals surface area contributed by atoms with Crippen molar-refractivity contribution in [1.82, 2.24) is 4.90 Å². The fourth-order valence-electron chi connectivity index (χ4n) is 6.04. The third kappa shape index (κ3) is 5.62. The van der Waals surface area contributed by atoms with E-state index in [9.17, 15) is 4.79 Å². The van der Waals surface area contributed by atoms with Gasteiger partial charge in [-0.15, -0.1) is 0 Å². The van der Waals surface area contributed by atoms with Crippen LogP contribution >= 0.6 is 0 Å². The smallest absolute Gasteiger partial charge is 0.228 e. The fraction of sp³-hybridized carbons (Fsp3) is 0.353. The number of nitrogens with zero attached hydrogens (tertiary/aromatic N) is 3. The van der Waals surface area contributed by atoms with Crippen molar-refractivity contribution >= 4 is 22.9 Å². The molecular weight excluding hydrogens is 480 g/mol. The van der Waals surface area contributed by atoms with Gasteiger partial charge in [-0.05, 0) is 110 Å². The Hall–Kier alpha value is -3.88. The van der Waals surface area contributed by atoms with Crippen LogP contribution in [-0.2, 0) is 11.2 Å². The number of aryl methyl sites for hydroxylation is 1. The van der Waals surface area contributed by atoms with Crippen LogP contribution in [0.1, 0.15) is 44.7 Å². The average molecular weight is 519 g/mol. The molecule has 0 amide bonds. The Bertz CT molecular complexity index is 1450. The lowest BCUT2D eigenvalue weighted by atomic mass is 9.83. The van der Waals surface area contributed by atoms with Gasteiger partial charge in [-0.25, -0.2) is 0 Å². The fourth-order valence-corrected chi connectivity index (χ4v) is 6.04. The number of hydrogen-bond donors (Lipinski definition) is 1. The summed E-state index contributed by atoms with van der Waals surface area (Å²) >= 11 is 0. The van der Waals surface area contributed by atoms with Crippen molar-refractivity contribution in [2.24, 2.45) is 4.99 Å². The molecule has 3 heterocycles. The Morgan fingerprint density at radius 3 is 2.69 bits per heavy atom. The molecule has 1 unspecified atom stereocenters. The first-order chi connectivity index (χ1) is 19.0. The molecule has 1 fully saturated rings. The van der Waals surface area contributed by atoms with Crippen LogP contribution in [0.2, 0.25) is 0 Å². The van der Waals surface area contributed by atoms with Crippen LogP contribution < -0.4 is 10.2 Å². The number of hydrogen-bond acceptors (Lipinski definition) is 5. The van der Waals surface area contributed by atoms with Crippen LogP contribution in [0.4, 0.5) is 11.4 Å². The van der Waals surface area contributed by atoms with Gasteiger partial charge in [-0.1, -0.05) is 30.2 Å². The van der Waals surface area contributed by atoms with Gasteiger partial charge in [0.1, 0.15) is 0 Å². The molecule has 0 spiro atoms. The largest absolute Gasteiger partial charge is 0.369 e. The predicted octanol–water partition coefficient (Wildman–Crippen LogP) is 5.77. The van der Waals surface area contributed by atoms with Gasteiger partial charge >= 0.3 is 0 Å². The van der Waals surface area contributed by atoms with E-state index in [0.717, 1.165) is 68.8 Å². The number of piperazine rings is 1. The summed E-state index contributed by atoms with van der Waals surface area (Å²) in [6.45, 7) is 6.34. The van der Waals surface area contributed by atoms with E-state index in [2.05, 4.69) is 94.7 Å². The van der Waals surface area contributed by atoms with E-state index in [1.807, 2.05) is 13.0 Å². The highest BCUT2D eigenvalue weighted by molar-refractivity contribution is 6.08. The molecule has 5 nitrogen and oxygen atoms in total. The summed E-state index contributed by atoms with van der Waals surface area (Å²) < 4.78 is 0. The second kappa shape index (κ2) is 10.7. The van der Waals surface area contributed by atoms with Crippen LogP contribution in [0, 0.1) is 11.8 Å². The van der Waals surface area contributed by atoms with E-state index in [1.165, 1.54) is 22.4 Å². The van der Waals surface area contributed by atoms with Crippen LogP contribution in [0.15, 0.2) is 89.0 Å². The third-order valence-electron chi connectivity index (χ3n) is 8.27. The van der Waals surface area contributed by atoms with Crippen molar-refractivity contribution in [1.29, 1.82) is 0 Å². The second-order valence-electron chi connectivity index (χ2n) is 11.2. The first-order valence-electron chi connectivity index (χ1n) is 14.1. The van der Waals surface area contributed by atoms with E-state index in [-0.39, 0.29) is 13.1 Å². The first kappa shape index (κ1) is 25.4. The Kier molecular flexibility index (Phi) is 6.97. The molecule has 5 heteroatoms. The summed E-state index contributed by atoms with van der Waals surface area (Å²) in [7, 11) is 2.18. The van der Waals surface area contributed by atoms with E-state index in [0.29, 0.717) is 0 Å². The molecule has 1 N–H and O–H groups in total. The molecule has 2 aromatic carbocycles. The summed E-state index contributed by atoms with van der Waals surface area (Å²) in [5.74, 6) is 6.10. The quantitative estimate of drug-likeness (QED) is 0.310. The maximum atomic E-state index is 12.6. The van der Waals surface area contributed by atoms with Gasteiger partial charge in [0.05, 0.1) is 0 Å². The highest BCUT2D eigenvalue weighted by atomic mass is 16.1. The van der Waals surface area contributed by atoms with Crippen LogP contribution in [0.5, 0.6) is 0 Å². The number of allylic oxidation sites excluding steroid dienone is 4. The van der Waals surface area contributed by atoms with Crippen molar-refractivity contribution in [3.05, 3.63) is 95.1 Å². The number of nitrogens with one attached hydrogen (secondary N) is 1. The van der Waals surface area contributed by atoms with Crippen molar-refractivity contribution in [3.8, 4) is 11.8 Å². The molecule has 3 aliphatic heterocycles. The number of ketones is 1. The molecular formula is C34H38N4O. The minimum atomic E-state index is -0.432. The van der Waals surface area contributed by atoms with Crippen LogP contribution in [-0.4, -0.2) is 55.3 Å². The number of rotatable bonds is 5. The van der Waals surface area contributed by atoms with Gasteiger partial charge in [-0.2, -0.15) is 0 Å². The number of carbonyl (C=O) groups excluding carboxylic acids is 1. The molecule has 2 atom stereocenters. The van der Waals surface area contributed by atoms with Crippen LogP contribution in [0.3, 0.4) is 0 Å². The Morgan fingerprint density at radius 1 is 1.13 bits per heavy atom. The van der Waals surface area contributed by atoms with E-state index >= 15 is 0 Å². The van der Waals surface area contributed by atoms with Crippen molar-refractivity contribution in [2.45, 2.75) is 44.2 Å². The molecule has 2 aromatic rings. The molecule has 2 bridgehead atoms. The first-order valence-corrected chi connectivity index (χ1v) is 14.1. The summed E-state index contributed by atoms with van der Waals surface area (Å²) in [4.78, 5) is 22.5. The number of likely N-dealkylation sites (N-methyl/N-ethyl adjacent to an activating group) is 1. The Labute approximate surface area is 233 Å². The van der Waals surface area contributed by atoms with Crippen molar-refractivity contribution < 1.29 is 6.22 Å². The van der Waals surface area contributed by atoms with Gasteiger partial charge < -0.3 is 15.1 Å². The van der Waals surface area contributed by atoms with Crippen molar-refractivity contribution in [3.63, 3.8) is 0 Å². The molecule has 1 saturated heterocycles. The summed E-state index contributed by atoms with van der Waals surface area (Å²) in [5.41, 5.74) is 7.65. The standard InChI is InChI=1S/C34H36N4O.H2/c1-25-29(11-17-32(39)16-10-28-8-5-7-27-6-3-4-9-33(27)28)22-26-23-34(24-26,35-25)36-30-12-14-31(15-13-30)38-20-18-37(2)19-21-38;/h3-4,6,9,11-15,17,22-23,28,36H,5,7-8,18-21,24H2,1-2H3;1H/b17-11-;/t28-,34?;/m0./s1. The van der Waals surface area contributed by atoms with E-state index < -0.39 is 5.66 Å². The zero-order valence-corrected chi connectivity index (χ0v) is 22.9. The lowest BCUT2D eigenvalue weighted by Gasteiger charge is -2.37. The monoisotopic (exact) mass is 518 g/mol. The Morgan fingerprint density at radius 2 is 1.90 bits per heavy atom. The lowest BCUT2D eigenvalue weighted by Crippen LogP contribution is -2.44. The molecule has 0 radical (unpaired) electrons. The molecule has 0 aromatic heterocycles. The summed E-state index contributed by atoms with van der Waals surface area (Å²) in [6, 6.07) is 17.2. The molecule has 5 aliphatic rings. The Balaban J connectivity index is 0.00000323. The molecule has 2 aliphatic carbocycles. The maximum absolute atomic E-state index is 12.6. The zero-order chi connectivity index (χ0) is 26.8. The minimum Gasteiger partial charge on any atom is -0.369 e. The lowest BCUT2D eigenvalue weighted by molar-refractivity contribution is -0.109. The number of carbonyl (C=O) groups is 1. The average Bonchev–Trinajstić information content (AvgIpc) is 3.15. The highest BCUT2D eigenvalue weighted by Gasteiger charge is 2.38. The van der Waals surface area contributed by atoms with Crippen molar-refractivity contribution in [2.75, 3.05) is 43.4 Å². The number of fused-ring (bicyclic) bond motifs is 2. The van der Waals surface area contributed by atoms with Crippen LogP contribution in [0.25, 0.3) is 0 Å². The third-order valence-corrected chi connectivity index (χ3v) is 8.27. The molecule has 39 heavy (non-hydrogen) atoms. The normalized spacial score (nSPS) is 24.3. The predicted molar refractivity (Wildman–Crippen MR) is 163 cm³/mol. The summed E-state index contributed by atoms with van der Waals surface area (Å²) in [5, 5.41) is 3.64. The SMILES string of the molecule is CC1=NC2(Nc3ccc(N4CCN(C)CC4)cc3)C=C(C=C1/C=C\C(=O)C#C[C@@H]1CCCc3ccccc31)C2.[HH]. The van der Waals surface area contributed by atoms with Gasteiger partial charge in [0.15, 0.2) is 5.66 Å². The topological polar surface area (TPSA) is 47.9 Å². The summed E-state index contributed by atoms with van der Waals surface area (Å²) in [6.07, 6.45) is 11.8. The number of aliphatic imine (C=N–C) groups is 1. The maximum Gasteiger partial charge on any atom is 0.228 e. The molecule has 200 valence electrons. The van der Waals surface area contributed by atoms with Gasteiger partial charge in [0.25, 0.3) is 0 Å². The minimum absolute atomic E-state index is 0. The van der Waals surface area contributed by atoms with E-state index in [4.69, 9.17) is 4.99 Å². The highest BCUT2D eigenvalue weighted by Crippen LogP contribution is 2.40. The van der Waals surface area contributed by atoms with Gasteiger partial charge in [-0.3, -0.25) is 9.79 Å². The molecule has 0 saturated carbocycles. The number of benzene rings is 2. The van der Waals surface area contributed by atoms with E-state index in [1.54, 1.807) is 6.08 Å². The van der Waals surface area contributed by atoms with Gasteiger partial charge in [0, 0.05) is 57.0 Å².